The Labute approximate surface area is 124 Å². The Hall–Kier alpha value is -2.04. The lowest BCUT2D eigenvalue weighted by Gasteiger charge is -2.32. The van der Waals surface area contributed by atoms with E-state index in [0.717, 1.165) is 31.5 Å². The topological polar surface area (TPSA) is 60.9 Å². The highest BCUT2D eigenvalue weighted by molar-refractivity contribution is 5.93. The summed E-state index contributed by atoms with van der Waals surface area (Å²) in [4.78, 5) is 27.1. The fraction of sp³-hybridized carbons (Fsp3) is 0.500. The Morgan fingerprint density at radius 3 is 2.86 bits per heavy atom. The molecule has 1 saturated heterocycles. The van der Waals surface area contributed by atoms with Crippen LogP contribution < -0.4 is 4.90 Å². The van der Waals surface area contributed by atoms with Gasteiger partial charge in [0.1, 0.15) is 0 Å². The van der Waals surface area contributed by atoms with Crippen LogP contribution in [0.2, 0.25) is 0 Å². The van der Waals surface area contributed by atoms with Crippen LogP contribution in [0.3, 0.4) is 0 Å². The molecule has 5 nitrogen and oxygen atoms in total. The van der Waals surface area contributed by atoms with E-state index in [9.17, 15) is 9.59 Å². The minimum Gasteiger partial charge on any atom is -0.481 e. The van der Waals surface area contributed by atoms with Crippen LogP contribution in [-0.4, -0.2) is 41.6 Å². The van der Waals surface area contributed by atoms with Gasteiger partial charge in [-0.15, -0.1) is 0 Å². The number of likely N-dealkylation sites (tertiary alicyclic amines) is 1. The van der Waals surface area contributed by atoms with Crippen LogP contribution in [0.15, 0.2) is 24.3 Å². The lowest BCUT2D eigenvalue weighted by molar-refractivity contribution is -0.138. The molecule has 1 aromatic carbocycles. The molecule has 0 spiro atoms. The molecule has 112 valence electrons. The van der Waals surface area contributed by atoms with Gasteiger partial charge < -0.3 is 10.0 Å². The molecule has 1 aromatic rings. The van der Waals surface area contributed by atoms with E-state index < -0.39 is 5.97 Å². The van der Waals surface area contributed by atoms with Crippen LogP contribution >= 0.6 is 0 Å². The molecule has 2 aliphatic rings. The van der Waals surface area contributed by atoms with Gasteiger partial charge in [-0.25, -0.2) is 4.79 Å². The molecule has 1 N–H and O–H groups in total. The first-order valence-electron chi connectivity index (χ1n) is 7.51. The molecular weight excluding hydrogens is 268 g/mol. The second-order valence-corrected chi connectivity index (χ2v) is 5.87. The van der Waals surface area contributed by atoms with Crippen LogP contribution in [0.5, 0.6) is 0 Å². The fourth-order valence-electron chi connectivity index (χ4n) is 3.32. The zero-order valence-corrected chi connectivity index (χ0v) is 12.0. The Morgan fingerprint density at radius 2 is 2.05 bits per heavy atom. The number of amides is 2. The lowest BCUT2D eigenvalue weighted by atomic mass is 10.0. The van der Waals surface area contributed by atoms with Gasteiger partial charge in [-0.1, -0.05) is 18.2 Å². The summed E-state index contributed by atoms with van der Waals surface area (Å²) in [6.45, 7) is 1.97. The highest BCUT2D eigenvalue weighted by Crippen LogP contribution is 2.29. The third kappa shape index (κ3) is 2.86. The standard InChI is InChI=1S/C16H20N2O3/c19-15(20)10-12-7-9-17(11-12)16(21)18-8-3-5-13-4-1-2-6-14(13)18/h1-2,4,6,12H,3,5,7-11H2,(H,19,20). The predicted octanol–water partition coefficient (Wildman–Crippen LogP) is 2.36. The van der Waals surface area contributed by atoms with E-state index in [0.29, 0.717) is 13.1 Å². The van der Waals surface area contributed by atoms with Gasteiger partial charge in [0.25, 0.3) is 0 Å². The summed E-state index contributed by atoms with van der Waals surface area (Å²) >= 11 is 0. The number of urea groups is 1. The maximum Gasteiger partial charge on any atom is 0.324 e. The third-order valence-corrected chi connectivity index (χ3v) is 4.36. The van der Waals surface area contributed by atoms with Crippen molar-refractivity contribution in [3.8, 4) is 0 Å². The highest BCUT2D eigenvalue weighted by atomic mass is 16.4. The van der Waals surface area contributed by atoms with Crippen molar-refractivity contribution in [3.05, 3.63) is 29.8 Å². The number of carbonyl (C=O) groups excluding carboxylic acids is 1. The number of carboxylic acid groups (broad SMARTS) is 1. The molecule has 3 rings (SSSR count). The minimum atomic E-state index is -0.780. The summed E-state index contributed by atoms with van der Waals surface area (Å²) in [5.41, 5.74) is 2.23. The Bertz CT molecular complexity index is 558. The van der Waals surface area contributed by atoms with Crippen molar-refractivity contribution < 1.29 is 14.7 Å². The molecule has 2 heterocycles. The summed E-state index contributed by atoms with van der Waals surface area (Å²) in [7, 11) is 0. The second kappa shape index (κ2) is 5.76. The number of hydrogen-bond donors (Lipinski definition) is 1. The van der Waals surface area contributed by atoms with E-state index in [1.807, 2.05) is 23.1 Å². The second-order valence-electron chi connectivity index (χ2n) is 5.87. The number of benzene rings is 1. The minimum absolute atomic E-state index is 0.0232. The number of fused-ring (bicyclic) bond motifs is 1. The largest absolute Gasteiger partial charge is 0.481 e. The first kappa shape index (κ1) is 13.9. The number of hydrogen-bond acceptors (Lipinski definition) is 2. The van der Waals surface area contributed by atoms with Crippen LogP contribution in [0.1, 0.15) is 24.8 Å². The molecule has 1 unspecified atom stereocenters. The van der Waals surface area contributed by atoms with Crippen LogP contribution in [-0.2, 0) is 11.2 Å². The fourth-order valence-corrected chi connectivity index (χ4v) is 3.32. The van der Waals surface area contributed by atoms with Gasteiger partial charge in [0.15, 0.2) is 0 Å². The summed E-state index contributed by atoms with van der Waals surface area (Å²) in [6.07, 6.45) is 2.94. The molecule has 0 aliphatic carbocycles. The highest BCUT2D eigenvalue weighted by Gasteiger charge is 2.32. The maximum atomic E-state index is 12.7. The number of rotatable bonds is 2. The van der Waals surface area contributed by atoms with Crippen molar-refractivity contribution in [2.45, 2.75) is 25.7 Å². The predicted molar refractivity (Wildman–Crippen MR) is 79.4 cm³/mol. The van der Waals surface area contributed by atoms with Crippen LogP contribution in [0, 0.1) is 5.92 Å². The number of aliphatic carboxylic acids is 1. The van der Waals surface area contributed by atoms with Crippen molar-refractivity contribution in [2.24, 2.45) is 5.92 Å². The molecule has 0 radical (unpaired) electrons. The Kier molecular flexibility index (Phi) is 3.82. The molecular formula is C16H20N2O3. The number of nitrogens with zero attached hydrogens (tertiary/aromatic N) is 2. The van der Waals surface area contributed by atoms with Gasteiger partial charge in [-0.05, 0) is 36.8 Å². The summed E-state index contributed by atoms with van der Waals surface area (Å²) in [5, 5.41) is 8.86. The molecule has 2 aliphatic heterocycles. The Balaban J connectivity index is 1.71. The average molecular weight is 288 g/mol. The molecule has 1 atom stereocenters. The molecule has 0 bridgehead atoms. The number of carboxylic acids is 1. The average Bonchev–Trinajstić information content (AvgIpc) is 2.93. The maximum absolute atomic E-state index is 12.7. The smallest absolute Gasteiger partial charge is 0.324 e. The molecule has 0 aromatic heterocycles. The number of aryl methyl sites for hydroxylation is 1. The van der Waals surface area contributed by atoms with Gasteiger partial charge in [0, 0.05) is 31.7 Å². The molecule has 1 fully saturated rings. The Morgan fingerprint density at radius 1 is 1.24 bits per heavy atom. The van der Waals surface area contributed by atoms with Gasteiger partial charge in [0.05, 0.1) is 0 Å². The van der Waals surface area contributed by atoms with E-state index in [-0.39, 0.29) is 18.4 Å². The number of carbonyl (C=O) groups is 2. The van der Waals surface area contributed by atoms with E-state index in [2.05, 4.69) is 6.07 Å². The SMILES string of the molecule is O=C(O)CC1CCN(C(=O)N2CCCc3ccccc32)C1. The lowest BCUT2D eigenvalue weighted by Crippen LogP contribution is -2.44. The van der Waals surface area contributed by atoms with Crippen LogP contribution in [0.25, 0.3) is 0 Å². The van der Waals surface area contributed by atoms with Crippen LogP contribution in [0.4, 0.5) is 10.5 Å². The normalized spacial score (nSPS) is 21.2. The van der Waals surface area contributed by atoms with Crippen molar-refractivity contribution in [3.63, 3.8) is 0 Å². The molecule has 5 heteroatoms. The molecule has 21 heavy (non-hydrogen) atoms. The van der Waals surface area contributed by atoms with E-state index >= 15 is 0 Å². The number of para-hydroxylation sites is 1. The van der Waals surface area contributed by atoms with Crippen molar-refractivity contribution in [2.75, 3.05) is 24.5 Å². The number of anilines is 1. The van der Waals surface area contributed by atoms with Crippen molar-refractivity contribution in [1.82, 2.24) is 4.90 Å². The quantitative estimate of drug-likeness (QED) is 0.908. The first-order chi connectivity index (χ1) is 10.1. The van der Waals surface area contributed by atoms with Crippen molar-refractivity contribution >= 4 is 17.7 Å². The van der Waals surface area contributed by atoms with E-state index in [4.69, 9.17) is 5.11 Å². The van der Waals surface area contributed by atoms with Gasteiger partial charge in [-0.2, -0.15) is 0 Å². The molecule has 2 amide bonds. The van der Waals surface area contributed by atoms with Gasteiger partial charge >= 0.3 is 12.0 Å². The summed E-state index contributed by atoms with van der Waals surface area (Å²) in [5.74, 6) is -0.691. The molecule has 0 saturated carbocycles. The summed E-state index contributed by atoms with van der Waals surface area (Å²) in [6, 6.07) is 8.06. The van der Waals surface area contributed by atoms with E-state index in [1.165, 1.54) is 5.56 Å². The monoisotopic (exact) mass is 288 g/mol. The van der Waals surface area contributed by atoms with Crippen molar-refractivity contribution in [1.29, 1.82) is 0 Å². The van der Waals surface area contributed by atoms with Gasteiger partial charge in [-0.3, -0.25) is 9.69 Å². The van der Waals surface area contributed by atoms with Gasteiger partial charge in [0.2, 0.25) is 0 Å². The third-order valence-electron chi connectivity index (χ3n) is 4.36. The summed E-state index contributed by atoms with van der Waals surface area (Å²) < 4.78 is 0. The first-order valence-corrected chi connectivity index (χ1v) is 7.51. The van der Waals surface area contributed by atoms with E-state index in [1.54, 1.807) is 4.90 Å². The zero-order chi connectivity index (χ0) is 14.8. The zero-order valence-electron chi connectivity index (χ0n) is 12.0.